The van der Waals surface area contributed by atoms with Crippen LogP contribution in [0, 0.1) is 0 Å². The van der Waals surface area contributed by atoms with Crippen molar-refractivity contribution in [3.63, 3.8) is 0 Å². The molecule has 1 amide bonds. The number of likely N-dealkylation sites (tertiary alicyclic amines) is 1. The molecule has 0 aromatic heterocycles. The quantitative estimate of drug-likeness (QED) is 0.841. The summed E-state index contributed by atoms with van der Waals surface area (Å²) in [6, 6.07) is 3.88. The van der Waals surface area contributed by atoms with Crippen molar-refractivity contribution in [2.45, 2.75) is 18.9 Å². The van der Waals surface area contributed by atoms with Crippen LogP contribution < -0.4 is 4.74 Å². The molecular formula is C14H17NO5. The molecule has 1 aromatic carbocycles. The van der Waals surface area contributed by atoms with Crippen molar-refractivity contribution in [3.8, 4) is 11.5 Å². The number of ether oxygens (including phenoxy) is 2. The maximum absolute atomic E-state index is 12.4. The van der Waals surface area contributed by atoms with Gasteiger partial charge >= 0.3 is 5.97 Å². The highest BCUT2D eigenvalue weighted by molar-refractivity contribution is 5.99. The Morgan fingerprint density at radius 2 is 2.10 bits per heavy atom. The monoisotopic (exact) mass is 279 g/mol. The second kappa shape index (κ2) is 5.81. The lowest BCUT2D eigenvalue weighted by Crippen LogP contribution is -2.41. The van der Waals surface area contributed by atoms with Gasteiger partial charge in [-0.3, -0.25) is 4.79 Å². The molecule has 0 saturated carbocycles. The van der Waals surface area contributed by atoms with Crippen molar-refractivity contribution in [1.82, 2.24) is 4.90 Å². The fourth-order valence-electron chi connectivity index (χ4n) is 2.36. The number of hydrogen-bond donors (Lipinski definition) is 1. The highest BCUT2D eigenvalue weighted by Crippen LogP contribution is 2.28. The molecule has 1 fully saturated rings. The van der Waals surface area contributed by atoms with Crippen LogP contribution in [0.4, 0.5) is 0 Å². The van der Waals surface area contributed by atoms with Crippen molar-refractivity contribution in [1.29, 1.82) is 0 Å². The van der Waals surface area contributed by atoms with E-state index in [0.717, 1.165) is 6.42 Å². The van der Waals surface area contributed by atoms with Gasteiger partial charge in [0.2, 0.25) is 0 Å². The third kappa shape index (κ3) is 2.54. The summed E-state index contributed by atoms with van der Waals surface area (Å²) in [5.74, 6) is -0.503. The minimum absolute atomic E-state index is 0.154. The first-order chi connectivity index (χ1) is 9.58. The summed E-state index contributed by atoms with van der Waals surface area (Å²) in [4.78, 5) is 25.5. The lowest BCUT2D eigenvalue weighted by Gasteiger charge is -2.23. The van der Waals surface area contributed by atoms with E-state index in [2.05, 4.69) is 0 Å². The van der Waals surface area contributed by atoms with Gasteiger partial charge in [0.1, 0.15) is 17.5 Å². The Bertz CT molecular complexity index is 528. The molecule has 1 aromatic rings. The van der Waals surface area contributed by atoms with Crippen LogP contribution in [-0.4, -0.2) is 48.7 Å². The molecule has 1 atom stereocenters. The Hall–Kier alpha value is -2.24. The molecule has 1 aliphatic heterocycles. The zero-order valence-electron chi connectivity index (χ0n) is 11.5. The summed E-state index contributed by atoms with van der Waals surface area (Å²) in [7, 11) is 2.78. The van der Waals surface area contributed by atoms with Gasteiger partial charge in [0, 0.05) is 12.6 Å². The topological polar surface area (TPSA) is 76.1 Å². The van der Waals surface area contributed by atoms with E-state index in [1.165, 1.54) is 31.3 Å². The average molecular weight is 279 g/mol. The van der Waals surface area contributed by atoms with Crippen LogP contribution in [0.15, 0.2) is 18.2 Å². The van der Waals surface area contributed by atoms with Gasteiger partial charge in [-0.2, -0.15) is 0 Å². The summed E-state index contributed by atoms with van der Waals surface area (Å²) in [6.07, 6.45) is 1.32. The van der Waals surface area contributed by atoms with Crippen molar-refractivity contribution in [2.75, 3.05) is 20.8 Å². The van der Waals surface area contributed by atoms with Crippen molar-refractivity contribution in [2.24, 2.45) is 0 Å². The van der Waals surface area contributed by atoms with Crippen molar-refractivity contribution < 1.29 is 24.2 Å². The van der Waals surface area contributed by atoms with Gasteiger partial charge in [-0.1, -0.05) is 0 Å². The van der Waals surface area contributed by atoms with Crippen LogP contribution in [0.1, 0.15) is 23.2 Å². The summed E-state index contributed by atoms with van der Waals surface area (Å²) < 4.78 is 9.67. The number of nitrogens with zero attached hydrogens (tertiary/aromatic N) is 1. The number of phenolic OH excluding ortho intramolecular Hbond substituents is 1. The third-order valence-electron chi connectivity index (χ3n) is 3.42. The fraction of sp³-hybridized carbons (Fsp3) is 0.429. The molecule has 1 N–H and O–H groups in total. The first kappa shape index (κ1) is 14.2. The molecule has 2 rings (SSSR count). The summed E-state index contributed by atoms with van der Waals surface area (Å²) in [5.41, 5.74) is 0.154. The van der Waals surface area contributed by atoms with Gasteiger partial charge in [-0.25, -0.2) is 4.79 Å². The molecule has 1 saturated heterocycles. The molecule has 1 unspecified atom stereocenters. The highest BCUT2D eigenvalue weighted by Gasteiger charge is 2.36. The Labute approximate surface area is 116 Å². The number of rotatable bonds is 3. The van der Waals surface area contributed by atoms with Gasteiger partial charge in [-0.15, -0.1) is 0 Å². The minimum Gasteiger partial charge on any atom is -0.507 e. The molecule has 6 nitrogen and oxygen atoms in total. The Morgan fingerprint density at radius 3 is 2.70 bits per heavy atom. The zero-order valence-corrected chi connectivity index (χ0v) is 11.5. The second-order valence-electron chi connectivity index (χ2n) is 4.56. The zero-order chi connectivity index (χ0) is 14.7. The van der Waals surface area contributed by atoms with Gasteiger partial charge in [-0.05, 0) is 25.0 Å². The minimum atomic E-state index is -0.575. The second-order valence-corrected chi connectivity index (χ2v) is 4.56. The van der Waals surface area contributed by atoms with Crippen molar-refractivity contribution >= 4 is 11.9 Å². The van der Waals surface area contributed by atoms with Crippen LogP contribution in [0.2, 0.25) is 0 Å². The molecule has 1 heterocycles. The predicted octanol–water partition coefficient (Wildman–Crippen LogP) is 1.18. The van der Waals surface area contributed by atoms with E-state index in [-0.39, 0.29) is 17.2 Å². The summed E-state index contributed by atoms with van der Waals surface area (Å²) in [6.45, 7) is 0.476. The van der Waals surface area contributed by atoms with Crippen LogP contribution in [0.3, 0.4) is 0 Å². The van der Waals surface area contributed by atoms with E-state index in [1.807, 2.05) is 0 Å². The summed E-state index contributed by atoms with van der Waals surface area (Å²) in [5, 5.41) is 9.89. The molecular weight excluding hydrogens is 262 g/mol. The molecule has 1 aliphatic rings. The SMILES string of the molecule is COC(=O)C1CCCN1C(=O)c1ccc(OC)cc1O. The average Bonchev–Trinajstić information content (AvgIpc) is 2.94. The molecule has 20 heavy (non-hydrogen) atoms. The maximum Gasteiger partial charge on any atom is 0.328 e. The lowest BCUT2D eigenvalue weighted by molar-refractivity contribution is -0.145. The Balaban J connectivity index is 2.24. The maximum atomic E-state index is 12.4. The summed E-state index contributed by atoms with van der Waals surface area (Å²) >= 11 is 0. The molecule has 0 spiro atoms. The number of amides is 1. The number of aromatic hydroxyl groups is 1. The predicted molar refractivity (Wildman–Crippen MR) is 70.7 cm³/mol. The van der Waals surface area contributed by atoms with E-state index in [9.17, 15) is 14.7 Å². The first-order valence-corrected chi connectivity index (χ1v) is 6.34. The third-order valence-corrected chi connectivity index (χ3v) is 3.42. The standard InChI is InChI=1S/C14H17NO5/c1-19-9-5-6-10(12(16)8-9)13(17)15-7-3-4-11(15)14(18)20-2/h5-6,8,11,16H,3-4,7H2,1-2H3. The molecule has 0 aliphatic carbocycles. The van der Waals surface area contributed by atoms with E-state index in [4.69, 9.17) is 9.47 Å². The Kier molecular flexibility index (Phi) is 4.12. The van der Waals surface area contributed by atoms with E-state index >= 15 is 0 Å². The van der Waals surface area contributed by atoms with E-state index in [1.54, 1.807) is 6.07 Å². The number of phenols is 1. The van der Waals surface area contributed by atoms with Crippen LogP contribution in [-0.2, 0) is 9.53 Å². The fourth-order valence-corrected chi connectivity index (χ4v) is 2.36. The lowest BCUT2D eigenvalue weighted by atomic mass is 10.1. The number of carbonyl (C=O) groups is 2. The van der Waals surface area contributed by atoms with E-state index in [0.29, 0.717) is 18.7 Å². The smallest absolute Gasteiger partial charge is 0.328 e. The molecule has 0 bridgehead atoms. The molecule has 6 heteroatoms. The Morgan fingerprint density at radius 1 is 1.35 bits per heavy atom. The normalized spacial score (nSPS) is 17.9. The van der Waals surface area contributed by atoms with Crippen molar-refractivity contribution in [3.05, 3.63) is 23.8 Å². The van der Waals surface area contributed by atoms with Crippen LogP contribution in [0.5, 0.6) is 11.5 Å². The molecule has 0 radical (unpaired) electrons. The van der Waals surface area contributed by atoms with Gasteiger partial charge in [0.25, 0.3) is 5.91 Å². The largest absolute Gasteiger partial charge is 0.507 e. The van der Waals surface area contributed by atoms with Crippen LogP contribution >= 0.6 is 0 Å². The number of methoxy groups -OCH3 is 2. The number of carbonyl (C=O) groups excluding carboxylic acids is 2. The number of hydrogen-bond acceptors (Lipinski definition) is 5. The first-order valence-electron chi connectivity index (χ1n) is 6.34. The van der Waals surface area contributed by atoms with Crippen LogP contribution in [0.25, 0.3) is 0 Å². The molecule has 108 valence electrons. The highest BCUT2D eigenvalue weighted by atomic mass is 16.5. The van der Waals surface area contributed by atoms with Gasteiger partial charge in [0.05, 0.1) is 19.8 Å². The van der Waals surface area contributed by atoms with Gasteiger partial charge in [0.15, 0.2) is 0 Å². The van der Waals surface area contributed by atoms with Gasteiger partial charge < -0.3 is 19.5 Å². The number of esters is 1. The van der Waals surface area contributed by atoms with E-state index < -0.39 is 12.0 Å². The number of benzene rings is 1.